The Balaban J connectivity index is 2.29. The zero-order valence-electron chi connectivity index (χ0n) is 11.9. The molecule has 0 bridgehead atoms. The lowest BCUT2D eigenvalue weighted by molar-refractivity contribution is 0.0993. The van der Waals surface area contributed by atoms with Gasteiger partial charge in [0.25, 0.3) is 5.91 Å². The molecule has 1 amide bonds. The van der Waals surface area contributed by atoms with Crippen LogP contribution in [0.25, 0.3) is 0 Å². The summed E-state index contributed by atoms with van der Waals surface area (Å²) < 4.78 is 0. The van der Waals surface area contributed by atoms with Crippen molar-refractivity contribution in [3.63, 3.8) is 0 Å². The van der Waals surface area contributed by atoms with Gasteiger partial charge in [-0.3, -0.25) is 4.79 Å². The first kappa shape index (κ1) is 13.9. The second kappa shape index (κ2) is 5.65. The molecule has 2 aromatic rings. The molecule has 1 N–H and O–H groups in total. The number of hydrogen-bond acceptors (Lipinski definition) is 3. The van der Waals surface area contributed by atoms with Gasteiger partial charge in [0.15, 0.2) is 0 Å². The predicted molar refractivity (Wildman–Crippen MR) is 81.6 cm³/mol. The average molecular weight is 270 g/mol. The van der Waals surface area contributed by atoms with E-state index in [1.54, 1.807) is 37.4 Å². The number of rotatable bonds is 3. The lowest BCUT2D eigenvalue weighted by Crippen LogP contribution is -2.26. The summed E-state index contributed by atoms with van der Waals surface area (Å²) in [6, 6.07) is 14.1. The highest BCUT2D eigenvalue weighted by atomic mass is 16.3. The van der Waals surface area contributed by atoms with E-state index < -0.39 is 0 Å². The smallest absolute Gasteiger partial charge is 0.258 e. The predicted octanol–water partition coefficient (Wildman–Crippen LogP) is 2.73. The summed E-state index contributed by atoms with van der Waals surface area (Å²) in [6.07, 6.45) is 0. The molecule has 0 heterocycles. The van der Waals surface area contributed by atoms with Crippen molar-refractivity contribution in [2.75, 3.05) is 30.9 Å². The second-order valence-electron chi connectivity index (χ2n) is 4.83. The Kier molecular flexibility index (Phi) is 3.94. The van der Waals surface area contributed by atoms with E-state index in [-0.39, 0.29) is 11.7 Å². The molecule has 2 rings (SSSR count). The number of hydrogen-bond donors (Lipinski definition) is 1. The fraction of sp³-hybridized carbons (Fsp3) is 0.188. The summed E-state index contributed by atoms with van der Waals surface area (Å²) in [5.74, 6) is 0.0310. The normalized spacial score (nSPS) is 10.2. The molecule has 0 radical (unpaired) electrons. The summed E-state index contributed by atoms with van der Waals surface area (Å²) in [5, 5.41) is 9.49. The van der Waals surface area contributed by atoms with Crippen molar-refractivity contribution >= 4 is 17.3 Å². The van der Waals surface area contributed by atoms with Crippen LogP contribution in [-0.4, -0.2) is 32.2 Å². The number of carbonyl (C=O) groups excluding carboxylic acids is 1. The van der Waals surface area contributed by atoms with Gasteiger partial charge in [-0.15, -0.1) is 0 Å². The summed E-state index contributed by atoms with van der Waals surface area (Å²) in [7, 11) is 5.56. The van der Waals surface area contributed by atoms with E-state index >= 15 is 0 Å². The Hall–Kier alpha value is -2.49. The number of carbonyl (C=O) groups is 1. The number of phenolic OH excluding ortho intramolecular Hbond substituents is 1. The van der Waals surface area contributed by atoms with Gasteiger partial charge < -0.3 is 14.9 Å². The molecule has 0 aliphatic rings. The minimum Gasteiger partial charge on any atom is -0.508 e. The average Bonchev–Trinajstić information content (AvgIpc) is 2.45. The molecule has 0 spiro atoms. The van der Waals surface area contributed by atoms with Gasteiger partial charge in [-0.05, 0) is 30.3 Å². The van der Waals surface area contributed by atoms with Crippen LogP contribution in [0.4, 0.5) is 11.4 Å². The maximum atomic E-state index is 12.5. The van der Waals surface area contributed by atoms with E-state index in [1.807, 2.05) is 37.2 Å². The first-order chi connectivity index (χ1) is 9.49. The van der Waals surface area contributed by atoms with Crippen LogP contribution in [0.15, 0.2) is 48.5 Å². The van der Waals surface area contributed by atoms with Gasteiger partial charge in [-0.1, -0.05) is 12.1 Å². The highest BCUT2D eigenvalue weighted by Gasteiger charge is 2.14. The third-order valence-corrected chi connectivity index (χ3v) is 3.13. The van der Waals surface area contributed by atoms with Crippen molar-refractivity contribution in [2.45, 2.75) is 0 Å². The zero-order valence-corrected chi connectivity index (χ0v) is 11.9. The molecule has 0 saturated heterocycles. The van der Waals surface area contributed by atoms with Crippen LogP contribution in [0, 0.1) is 0 Å². The van der Waals surface area contributed by atoms with Gasteiger partial charge in [0.2, 0.25) is 0 Å². The van der Waals surface area contributed by atoms with Crippen molar-refractivity contribution in [1.82, 2.24) is 0 Å². The second-order valence-corrected chi connectivity index (χ2v) is 4.83. The quantitative estimate of drug-likeness (QED) is 0.932. The topological polar surface area (TPSA) is 43.8 Å². The van der Waals surface area contributed by atoms with E-state index in [4.69, 9.17) is 0 Å². The van der Waals surface area contributed by atoms with Gasteiger partial charge in [0, 0.05) is 44.1 Å². The number of amides is 1. The standard InChI is InChI=1S/C16H18N2O2/c1-17(2)13-7-4-6-12(10-13)16(20)18(3)14-8-5-9-15(19)11-14/h4-11,19H,1-3H3. The largest absolute Gasteiger partial charge is 0.508 e. The number of phenols is 1. The highest BCUT2D eigenvalue weighted by molar-refractivity contribution is 6.06. The monoisotopic (exact) mass is 270 g/mol. The summed E-state index contributed by atoms with van der Waals surface area (Å²) >= 11 is 0. The summed E-state index contributed by atoms with van der Waals surface area (Å²) in [6.45, 7) is 0. The van der Waals surface area contributed by atoms with Gasteiger partial charge in [0.05, 0.1) is 0 Å². The highest BCUT2D eigenvalue weighted by Crippen LogP contribution is 2.22. The van der Waals surface area contributed by atoms with Gasteiger partial charge in [-0.2, -0.15) is 0 Å². The first-order valence-electron chi connectivity index (χ1n) is 6.33. The van der Waals surface area contributed by atoms with E-state index in [0.29, 0.717) is 11.3 Å². The van der Waals surface area contributed by atoms with Gasteiger partial charge >= 0.3 is 0 Å². The first-order valence-corrected chi connectivity index (χ1v) is 6.33. The Morgan fingerprint density at radius 3 is 2.25 bits per heavy atom. The van der Waals surface area contributed by atoms with Gasteiger partial charge in [0.1, 0.15) is 5.75 Å². The molecule has 0 atom stereocenters. The van der Waals surface area contributed by atoms with Crippen LogP contribution in [0.2, 0.25) is 0 Å². The van der Waals surface area contributed by atoms with E-state index in [9.17, 15) is 9.90 Å². The van der Waals surface area contributed by atoms with Crippen molar-refractivity contribution in [1.29, 1.82) is 0 Å². The molecule has 0 aliphatic carbocycles. The van der Waals surface area contributed by atoms with E-state index in [0.717, 1.165) is 5.69 Å². The van der Waals surface area contributed by atoms with Crippen LogP contribution in [0.3, 0.4) is 0 Å². The van der Waals surface area contributed by atoms with Crippen molar-refractivity contribution < 1.29 is 9.90 Å². The Morgan fingerprint density at radius 2 is 1.60 bits per heavy atom. The number of nitrogens with zero attached hydrogens (tertiary/aromatic N) is 2. The van der Waals surface area contributed by atoms with Crippen LogP contribution < -0.4 is 9.80 Å². The Bertz CT molecular complexity index is 623. The van der Waals surface area contributed by atoms with Crippen molar-refractivity contribution in [3.8, 4) is 5.75 Å². The molecular formula is C16H18N2O2. The summed E-state index contributed by atoms with van der Waals surface area (Å²) in [5.41, 5.74) is 2.24. The molecule has 0 saturated carbocycles. The third kappa shape index (κ3) is 2.91. The zero-order chi connectivity index (χ0) is 14.7. The maximum Gasteiger partial charge on any atom is 0.258 e. The Morgan fingerprint density at radius 1 is 0.950 bits per heavy atom. The number of anilines is 2. The van der Waals surface area contributed by atoms with E-state index in [1.165, 1.54) is 4.90 Å². The molecule has 2 aromatic carbocycles. The molecule has 4 nitrogen and oxygen atoms in total. The van der Waals surface area contributed by atoms with Crippen molar-refractivity contribution in [2.24, 2.45) is 0 Å². The van der Waals surface area contributed by atoms with Crippen LogP contribution >= 0.6 is 0 Å². The minimum absolute atomic E-state index is 0.112. The molecule has 0 aromatic heterocycles. The molecule has 104 valence electrons. The fourth-order valence-electron chi connectivity index (χ4n) is 1.93. The van der Waals surface area contributed by atoms with Crippen LogP contribution in [-0.2, 0) is 0 Å². The maximum absolute atomic E-state index is 12.5. The molecule has 0 fully saturated rings. The van der Waals surface area contributed by atoms with Gasteiger partial charge in [-0.25, -0.2) is 0 Å². The third-order valence-electron chi connectivity index (χ3n) is 3.13. The molecular weight excluding hydrogens is 252 g/mol. The van der Waals surface area contributed by atoms with Crippen LogP contribution in [0.5, 0.6) is 5.75 Å². The molecule has 0 unspecified atom stereocenters. The molecule has 20 heavy (non-hydrogen) atoms. The van der Waals surface area contributed by atoms with E-state index in [2.05, 4.69) is 0 Å². The van der Waals surface area contributed by atoms with Crippen molar-refractivity contribution in [3.05, 3.63) is 54.1 Å². The lowest BCUT2D eigenvalue weighted by Gasteiger charge is -2.19. The number of aromatic hydroxyl groups is 1. The molecule has 0 aliphatic heterocycles. The fourth-order valence-corrected chi connectivity index (χ4v) is 1.93. The molecule has 4 heteroatoms. The minimum atomic E-state index is -0.112. The Labute approximate surface area is 118 Å². The SMILES string of the molecule is CN(C)c1cccc(C(=O)N(C)c2cccc(O)c2)c1. The lowest BCUT2D eigenvalue weighted by atomic mass is 10.1. The number of benzene rings is 2. The summed E-state index contributed by atoms with van der Waals surface area (Å²) in [4.78, 5) is 15.9. The van der Waals surface area contributed by atoms with Crippen LogP contribution in [0.1, 0.15) is 10.4 Å².